The van der Waals surface area contributed by atoms with Gasteiger partial charge in [-0.1, -0.05) is 0 Å². The Kier molecular flexibility index (Phi) is 7.96. The number of rotatable bonds is 8. The Labute approximate surface area is 199 Å². The summed E-state index contributed by atoms with van der Waals surface area (Å²) in [6.07, 6.45) is -7.88. The number of phenolic OH excluding ortho intramolecular Hbond substituents is 3. The van der Waals surface area contributed by atoms with Crippen LogP contribution >= 0.6 is 0 Å². The Hall–Kier alpha value is -3.65. The fourth-order valence-corrected chi connectivity index (χ4v) is 3.37. The van der Waals surface area contributed by atoms with Gasteiger partial charge < -0.3 is 59.1 Å². The molecular formula is C22H26O13. The standard InChI is InChI=1S/C22H26O13/c1-30-13-6-10(7-14(31-2)20(13)32-3)34-22-19(28)18(27)17(26)15(35-22)8-33-21(29)9-4-11(23)16(25)12(24)5-9/h4-7,15,17-19,22-28H,8H2,1-3H3/t15-,17-,18+,19-,22-/m1/s1. The third-order valence-corrected chi connectivity index (χ3v) is 5.24. The molecule has 0 radical (unpaired) electrons. The molecule has 0 saturated carbocycles. The van der Waals surface area contributed by atoms with Crippen LogP contribution in [-0.4, -0.2) is 95.3 Å². The van der Waals surface area contributed by atoms with Crippen LogP contribution in [0.4, 0.5) is 0 Å². The van der Waals surface area contributed by atoms with E-state index >= 15 is 0 Å². The predicted molar refractivity (Wildman–Crippen MR) is 115 cm³/mol. The molecule has 35 heavy (non-hydrogen) atoms. The van der Waals surface area contributed by atoms with Gasteiger partial charge in [0.25, 0.3) is 0 Å². The van der Waals surface area contributed by atoms with Crippen molar-refractivity contribution >= 4 is 5.97 Å². The van der Waals surface area contributed by atoms with E-state index in [1.54, 1.807) is 0 Å². The maximum atomic E-state index is 12.3. The number of aliphatic hydroxyl groups excluding tert-OH is 3. The van der Waals surface area contributed by atoms with E-state index in [1.165, 1.54) is 33.5 Å². The minimum Gasteiger partial charge on any atom is -0.504 e. The number of hydrogen-bond donors (Lipinski definition) is 6. The summed E-state index contributed by atoms with van der Waals surface area (Å²) >= 11 is 0. The van der Waals surface area contributed by atoms with Gasteiger partial charge in [0, 0.05) is 12.1 Å². The first-order valence-electron chi connectivity index (χ1n) is 10.2. The zero-order chi connectivity index (χ0) is 25.9. The van der Waals surface area contributed by atoms with E-state index in [0.717, 1.165) is 12.1 Å². The maximum Gasteiger partial charge on any atom is 0.338 e. The molecule has 1 aliphatic rings. The third kappa shape index (κ3) is 5.38. The molecule has 192 valence electrons. The molecule has 5 atom stereocenters. The summed E-state index contributed by atoms with van der Waals surface area (Å²) in [5, 5.41) is 59.4. The number of hydrogen-bond acceptors (Lipinski definition) is 13. The van der Waals surface area contributed by atoms with Crippen LogP contribution < -0.4 is 18.9 Å². The second-order valence-corrected chi connectivity index (χ2v) is 7.46. The SMILES string of the molecule is COc1cc(O[C@@H]2O[C@H](COC(=O)c3cc(O)c(O)c(O)c3)[C@@H](O)[C@H](O)[C@H]2O)cc(OC)c1OC. The summed E-state index contributed by atoms with van der Waals surface area (Å²) in [4.78, 5) is 12.3. The zero-order valence-electron chi connectivity index (χ0n) is 18.9. The summed E-state index contributed by atoms with van der Waals surface area (Å²) in [5.74, 6) is -2.44. The van der Waals surface area contributed by atoms with Crippen LogP contribution in [0.25, 0.3) is 0 Å². The molecule has 0 aromatic heterocycles. The third-order valence-electron chi connectivity index (χ3n) is 5.24. The second-order valence-electron chi connectivity index (χ2n) is 7.46. The number of aliphatic hydroxyl groups is 3. The number of esters is 1. The molecule has 2 aromatic rings. The van der Waals surface area contributed by atoms with Crippen molar-refractivity contribution in [2.24, 2.45) is 0 Å². The van der Waals surface area contributed by atoms with Gasteiger partial charge in [0.15, 0.2) is 28.7 Å². The first kappa shape index (κ1) is 26.0. The molecule has 0 bridgehead atoms. The molecule has 6 N–H and O–H groups in total. The topological polar surface area (TPSA) is 194 Å². The van der Waals surface area contributed by atoms with Gasteiger partial charge in [-0.2, -0.15) is 0 Å². The lowest BCUT2D eigenvalue weighted by Gasteiger charge is -2.40. The second kappa shape index (κ2) is 10.7. The lowest BCUT2D eigenvalue weighted by Crippen LogP contribution is -2.60. The molecule has 0 aliphatic carbocycles. The lowest BCUT2D eigenvalue weighted by molar-refractivity contribution is -0.277. The van der Waals surface area contributed by atoms with E-state index < -0.39 is 60.5 Å². The Bertz CT molecular complexity index is 1010. The summed E-state index contributed by atoms with van der Waals surface area (Å²) < 4.78 is 31.9. The maximum absolute atomic E-state index is 12.3. The number of ether oxygens (including phenoxy) is 6. The van der Waals surface area contributed by atoms with Gasteiger partial charge in [0.05, 0.1) is 26.9 Å². The molecule has 1 heterocycles. The van der Waals surface area contributed by atoms with Crippen molar-refractivity contribution in [2.45, 2.75) is 30.7 Å². The molecule has 0 spiro atoms. The van der Waals surface area contributed by atoms with E-state index in [0.29, 0.717) is 5.75 Å². The van der Waals surface area contributed by atoms with Gasteiger partial charge in [0.2, 0.25) is 12.0 Å². The van der Waals surface area contributed by atoms with Gasteiger partial charge in [-0.3, -0.25) is 0 Å². The van der Waals surface area contributed by atoms with Gasteiger partial charge in [-0.05, 0) is 12.1 Å². The highest BCUT2D eigenvalue weighted by Gasteiger charge is 2.45. The van der Waals surface area contributed by atoms with E-state index in [9.17, 15) is 35.4 Å². The average Bonchev–Trinajstić information content (AvgIpc) is 2.85. The average molecular weight is 498 g/mol. The van der Waals surface area contributed by atoms with Gasteiger partial charge >= 0.3 is 5.97 Å². The Balaban J connectivity index is 1.74. The highest BCUT2D eigenvalue weighted by Crippen LogP contribution is 2.41. The normalized spacial score (nSPS) is 23.9. The van der Waals surface area contributed by atoms with E-state index in [4.69, 9.17) is 28.4 Å². The van der Waals surface area contributed by atoms with Gasteiger partial charge in [0.1, 0.15) is 36.8 Å². The van der Waals surface area contributed by atoms with Crippen molar-refractivity contribution in [1.29, 1.82) is 0 Å². The van der Waals surface area contributed by atoms with Crippen molar-refractivity contribution in [1.82, 2.24) is 0 Å². The number of methoxy groups -OCH3 is 3. The monoisotopic (exact) mass is 498 g/mol. The molecular weight excluding hydrogens is 472 g/mol. The summed E-state index contributed by atoms with van der Waals surface area (Å²) in [5.41, 5.74) is -0.297. The molecule has 0 amide bonds. The van der Waals surface area contributed by atoms with Crippen LogP contribution in [0.2, 0.25) is 0 Å². The molecule has 1 fully saturated rings. The van der Waals surface area contributed by atoms with E-state index in [-0.39, 0.29) is 22.8 Å². The van der Waals surface area contributed by atoms with Crippen molar-refractivity contribution < 1.29 is 63.9 Å². The van der Waals surface area contributed by atoms with Crippen LogP contribution in [0.3, 0.4) is 0 Å². The largest absolute Gasteiger partial charge is 0.504 e. The number of aromatic hydroxyl groups is 3. The van der Waals surface area contributed by atoms with Crippen molar-refractivity contribution in [3.63, 3.8) is 0 Å². The van der Waals surface area contributed by atoms with Crippen molar-refractivity contribution in [3.8, 4) is 40.2 Å². The number of carbonyl (C=O) groups is 1. The smallest absolute Gasteiger partial charge is 0.338 e. The Morgan fingerprint density at radius 3 is 1.94 bits per heavy atom. The minimum absolute atomic E-state index is 0.109. The molecule has 2 aromatic carbocycles. The molecule has 3 rings (SSSR count). The predicted octanol–water partition coefficient (Wildman–Crippen LogP) is -0.127. The van der Waals surface area contributed by atoms with Gasteiger partial charge in [-0.15, -0.1) is 0 Å². The highest BCUT2D eigenvalue weighted by atomic mass is 16.7. The van der Waals surface area contributed by atoms with Crippen LogP contribution in [0.1, 0.15) is 10.4 Å². The first-order chi connectivity index (χ1) is 16.6. The minimum atomic E-state index is -1.72. The molecule has 13 heteroatoms. The van der Waals surface area contributed by atoms with Crippen molar-refractivity contribution in [2.75, 3.05) is 27.9 Å². The summed E-state index contributed by atoms with van der Waals surface area (Å²) in [6, 6.07) is 4.58. The molecule has 13 nitrogen and oxygen atoms in total. The zero-order valence-corrected chi connectivity index (χ0v) is 18.9. The number of benzene rings is 2. The number of phenols is 3. The number of carbonyl (C=O) groups excluding carboxylic acids is 1. The van der Waals surface area contributed by atoms with E-state index in [2.05, 4.69) is 0 Å². The fraction of sp³-hybridized carbons (Fsp3) is 0.409. The fourth-order valence-electron chi connectivity index (χ4n) is 3.37. The quantitative estimate of drug-likeness (QED) is 0.208. The highest BCUT2D eigenvalue weighted by molar-refractivity contribution is 5.91. The van der Waals surface area contributed by atoms with Crippen LogP contribution in [0.15, 0.2) is 24.3 Å². The summed E-state index contributed by atoms with van der Waals surface area (Å²) in [7, 11) is 4.20. The molecule has 0 unspecified atom stereocenters. The lowest BCUT2D eigenvalue weighted by atomic mass is 9.99. The Morgan fingerprint density at radius 2 is 1.43 bits per heavy atom. The summed E-state index contributed by atoms with van der Waals surface area (Å²) in [6.45, 7) is -0.596. The van der Waals surface area contributed by atoms with Crippen LogP contribution in [-0.2, 0) is 9.47 Å². The first-order valence-corrected chi connectivity index (χ1v) is 10.2. The molecule has 1 saturated heterocycles. The van der Waals surface area contributed by atoms with Crippen LogP contribution in [0, 0.1) is 0 Å². The van der Waals surface area contributed by atoms with Crippen LogP contribution in [0.5, 0.6) is 40.2 Å². The molecule has 1 aliphatic heterocycles. The van der Waals surface area contributed by atoms with Crippen molar-refractivity contribution in [3.05, 3.63) is 29.8 Å². The van der Waals surface area contributed by atoms with Gasteiger partial charge in [-0.25, -0.2) is 4.79 Å². The Morgan fingerprint density at radius 1 is 0.857 bits per heavy atom. The van der Waals surface area contributed by atoms with E-state index in [1.807, 2.05) is 0 Å².